The van der Waals surface area contributed by atoms with E-state index in [1.807, 2.05) is 6.07 Å². The van der Waals surface area contributed by atoms with Gasteiger partial charge in [-0.05, 0) is 12.0 Å². The zero-order valence-corrected chi connectivity index (χ0v) is 13.2. The lowest BCUT2D eigenvalue weighted by Gasteiger charge is -2.32. The van der Waals surface area contributed by atoms with Crippen LogP contribution in [0, 0.1) is 0 Å². The number of hydrogen-bond acceptors (Lipinski definition) is 5. The van der Waals surface area contributed by atoms with Crippen LogP contribution in [-0.2, 0) is 11.2 Å². The van der Waals surface area contributed by atoms with Crippen LogP contribution in [0.3, 0.4) is 0 Å². The minimum absolute atomic E-state index is 0.338. The quantitative estimate of drug-likeness (QED) is 0.850. The monoisotopic (exact) mass is 303 g/mol. The maximum absolute atomic E-state index is 5.79. The minimum Gasteiger partial charge on any atom is -0.375 e. The van der Waals surface area contributed by atoms with Crippen LogP contribution in [-0.4, -0.2) is 36.0 Å². The number of ether oxygens (including phenoxy) is 1. The molecule has 2 heterocycles. The summed E-state index contributed by atoms with van der Waals surface area (Å²) in [4.78, 5) is 2.32. The highest BCUT2D eigenvalue weighted by atomic mass is 32.1. The molecule has 1 aromatic heterocycles. The highest BCUT2D eigenvalue weighted by molar-refractivity contribution is 7.15. The van der Waals surface area contributed by atoms with E-state index >= 15 is 0 Å². The van der Waals surface area contributed by atoms with E-state index in [4.69, 9.17) is 4.74 Å². The van der Waals surface area contributed by atoms with Crippen molar-refractivity contribution < 1.29 is 4.74 Å². The van der Waals surface area contributed by atoms with E-state index in [2.05, 4.69) is 46.3 Å². The fraction of sp³-hybridized carbons (Fsp3) is 0.500. The molecule has 1 unspecified atom stereocenters. The van der Waals surface area contributed by atoms with E-state index in [-0.39, 0.29) is 0 Å². The summed E-state index contributed by atoms with van der Waals surface area (Å²) in [5.41, 5.74) is 1.28. The first-order valence-corrected chi connectivity index (χ1v) is 8.39. The Morgan fingerprint density at radius 3 is 2.95 bits per heavy atom. The third-order valence-electron chi connectivity index (χ3n) is 3.67. The third kappa shape index (κ3) is 3.80. The Morgan fingerprint density at radius 2 is 2.14 bits per heavy atom. The SMILES string of the molecule is CCCC1CN(c2nnc(Cc3ccccc3)s2)CCO1. The minimum atomic E-state index is 0.338. The summed E-state index contributed by atoms with van der Waals surface area (Å²) in [6.45, 7) is 4.84. The van der Waals surface area contributed by atoms with Gasteiger partial charge in [0.2, 0.25) is 5.13 Å². The van der Waals surface area contributed by atoms with Crippen molar-refractivity contribution in [3.63, 3.8) is 0 Å². The van der Waals surface area contributed by atoms with Gasteiger partial charge in [-0.2, -0.15) is 0 Å². The zero-order valence-electron chi connectivity index (χ0n) is 12.4. The molecule has 1 aliphatic heterocycles. The lowest BCUT2D eigenvalue weighted by atomic mass is 10.2. The Balaban J connectivity index is 1.64. The van der Waals surface area contributed by atoms with Crippen molar-refractivity contribution in [3.8, 4) is 0 Å². The predicted octanol–water partition coefficient (Wildman–Crippen LogP) is 3.13. The van der Waals surface area contributed by atoms with Crippen molar-refractivity contribution >= 4 is 16.5 Å². The Bertz CT molecular complexity index is 556. The van der Waals surface area contributed by atoms with Crippen LogP contribution < -0.4 is 4.90 Å². The van der Waals surface area contributed by atoms with Gasteiger partial charge in [-0.15, -0.1) is 10.2 Å². The molecule has 5 heteroatoms. The van der Waals surface area contributed by atoms with Gasteiger partial charge in [0.25, 0.3) is 0 Å². The highest BCUT2D eigenvalue weighted by Crippen LogP contribution is 2.24. The normalized spacial score (nSPS) is 18.9. The number of hydrogen-bond donors (Lipinski definition) is 0. The Hall–Kier alpha value is -1.46. The standard InChI is InChI=1S/C16H21N3OS/c1-2-6-14-12-19(9-10-20-14)16-18-17-15(21-16)11-13-7-4-3-5-8-13/h3-5,7-8,14H,2,6,9-12H2,1H3. The molecular formula is C16H21N3OS. The van der Waals surface area contributed by atoms with Crippen molar-refractivity contribution in [1.82, 2.24) is 10.2 Å². The smallest absolute Gasteiger partial charge is 0.208 e. The van der Waals surface area contributed by atoms with Crippen molar-refractivity contribution in [3.05, 3.63) is 40.9 Å². The molecule has 1 fully saturated rings. The van der Waals surface area contributed by atoms with E-state index in [0.29, 0.717) is 6.10 Å². The van der Waals surface area contributed by atoms with Gasteiger partial charge >= 0.3 is 0 Å². The largest absolute Gasteiger partial charge is 0.375 e. The summed E-state index contributed by atoms with van der Waals surface area (Å²) in [6, 6.07) is 10.4. The molecule has 1 aromatic carbocycles. The van der Waals surface area contributed by atoms with Crippen LogP contribution in [0.1, 0.15) is 30.3 Å². The van der Waals surface area contributed by atoms with E-state index in [0.717, 1.165) is 49.1 Å². The Morgan fingerprint density at radius 1 is 1.29 bits per heavy atom. The molecule has 0 aliphatic carbocycles. The maximum atomic E-state index is 5.79. The summed E-state index contributed by atoms with van der Waals surface area (Å²) < 4.78 is 5.79. The summed E-state index contributed by atoms with van der Waals surface area (Å²) in [6.07, 6.45) is 3.48. The summed E-state index contributed by atoms with van der Waals surface area (Å²) in [5, 5.41) is 10.8. The maximum Gasteiger partial charge on any atom is 0.208 e. The van der Waals surface area contributed by atoms with Crippen molar-refractivity contribution in [2.45, 2.75) is 32.3 Å². The molecule has 0 spiro atoms. The number of morpholine rings is 1. The van der Waals surface area contributed by atoms with Crippen molar-refractivity contribution in [1.29, 1.82) is 0 Å². The Kier molecular flexibility index (Phi) is 4.83. The van der Waals surface area contributed by atoms with Crippen LogP contribution in [0.2, 0.25) is 0 Å². The van der Waals surface area contributed by atoms with Gasteiger partial charge in [-0.1, -0.05) is 55.0 Å². The van der Waals surface area contributed by atoms with Gasteiger partial charge in [-0.3, -0.25) is 0 Å². The molecule has 0 saturated carbocycles. The fourth-order valence-corrected chi connectivity index (χ4v) is 3.51. The topological polar surface area (TPSA) is 38.2 Å². The number of anilines is 1. The van der Waals surface area contributed by atoms with Gasteiger partial charge in [0.05, 0.1) is 12.7 Å². The average Bonchev–Trinajstić information content (AvgIpc) is 2.97. The van der Waals surface area contributed by atoms with Crippen LogP contribution in [0.4, 0.5) is 5.13 Å². The third-order valence-corrected chi connectivity index (χ3v) is 4.66. The first-order chi connectivity index (χ1) is 10.3. The van der Waals surface area contributed by atoms with Gasteiger partial charge in [0.1, 0.15) is 5.01 Å². The van der Waals surface area contributed by atoms with Gasteiger partial charge in [0.15, 0.2) is 0 Å². The second kappa shape index (κ2) is 7.00. The fourth-order valence-electron chi connectivity index (χ4n) is 2.60. The lowest BCUT2D eigenvalue weighted by Crippen LogP contribution is -2.42. The molecule has 2 aromatic rings. The van der Waals surface area contributed by atoms with E-state index in [1.165, 1.54) is 5.56 Å². The van der Waals surface area contributed by atoms with Gasteiger partial charge in [-0.25, -0.2) is 0 Å². The molecule has 1 aliphatic rings. The molecule has 1 saturated heterocycles. The van der Waals surface area contributed by atoms with E-state index < -0.39 is 0 Å². The van der Waals surface area contributed by atoms with Crippen LogP contribution in [0.15, 0.2) is 30.3 Å². The first kappa shape index (κ1) is 14.5. The van der Waals surface area contributed by atoms with E-state index in [1.54, 1.807) is 11.3 Å². The second-order valence-corrected chi connectivity index (χ2v) is 6.41. The van der Waals surface area contributed by atoms with Crippen molar-refractivity contribution in [2.75, 3.05) is 24.6 Å². The predicted molar refractivity (Wildman–Crippen MR) is 86.0 cm³/mol. The summed E-state index contributed by atoms with van der Waals surface area (Å²) >= 11 is 1.70. The zero-order chi connectivity index (χ0) is 14.5. The molecule has 0 bridgehead atoms. The molecule has 3 rings (SSSR count). The number of benzene rings is 1. The molecule has 21 heavy (non-hydrogen) atoms. The highest BCUT2D eigenvalue weighted by Gasteiger charge is 2.22. The van der Waals surface area contributed by atoms with Crippen LogP contribution in [0.25, 0.3) is 0 Å². The second-order valence-electron chi connectivity index (χ2n) is 5.37. The molecule has 112 valence electrons. The van der Waals surface area contributed by atoms with Gasteiger partial charge in [0, 0.05) is 19.5 Å². The summed E-state index contributed by atoms with van der Waals surface area (Å²) in [7, 11) is 0. The molecule has 0 N–H and O–H groups in total. The van der Waals surface area contributed by atoms with Crippen LogP contribution >= 0.6 is 11.3 Å². The average molecular weight is 303 g/mol. The molecule has 4 nitrogen and oxygen atoms in total. The lowest BCUT2D eigenvalue weighted by molar-refractivity contribution is 0.0348. The van der Waals surface area contributed by atoms with Crippen LogP contribution in [0.5, 0.6) is 0 Å². The van der Waals surface area contributed by atoms with Crippen molar-refractivity contribution in [2.24, 2.45) is 0 Å². The number of rotatable bonds is 5. The number of nitrogens with zero attached hydrogens (tertiary/aromatic N) is 3. The molecule has 0 radical (unpaired) electrons. The molecule has 0 amide bonds. The Labute approximate surface area is 129 Å². The molecular weight excluding hydrogens is 282 g/mol. The number of aromatic nitrogens is 2. The van der Waals surface area contributed by atoms with E-state index in [9.17, 15) is 0 Å². The molecule has 1 atom stereocenters. The first-order valence-electron chi connectivity index (χ1n) is 7.58. The van der Waals surface area contributed by atoms with Gasteiger partial charge < -0.3 is 9.64 Å². The summed E-state index contributed by atoms with van der Waals surface area (Å²) in [5.74, 6) is 0.